The molecule has 116 valence electrons. The van der Waals surface area contributed by atoms with Crippen molar-refractivity contribution < 1.29 is 4.21 Å². The fourth-order valence-corrected chi connectivity index (χ4v) is 3.93. The molecule has 0 saturated carbocycles. The third-order valence-corrected chi connectivity index (χ3v) is 5.36. The molecule has 1 fully saturated rings. The van der Waals surface area contributed by atoms with Crippen LogP contribution in [0.3, 0.4) is 0 Å². The topological polar surface area (TPSA) is 32.3 Å². The highest BCUT2D eigenvalue weighted by molar-refractivity contribution is 7.86. The Morgan fingerprint density at radius 1 is 0.955 bits per heavy atom. The van der Waals surface area contributed by atoms with E-state index in [0.717, 1.165) is 34.9 Å². The first-order valence-corrected chi connectivity index (χ1v) is 8.99. The number of benzene rings is 2. The van der Waals surface area contributed by atoms with E-state index in [1.807, 2.05) is 49.4 Å². The molecule has 4 heteroatoms. The van der Waals surface area contributed by atoms with Gasteiger partial charge in [0.1, 0.15) is 0 Å². The highest BCUT2D eigenvalue weighted by Gasteiger charge is 2.16. The number of rotatable bonds is 4. The van der Waals surface area contributed by atoms with Crippen molar-refractivity contribution in [2.24, 2.45) is 0 Å². The van der Waals surface area contributed by atoms with Crippen molar-refractivity contribution in [3.8, 4) is 0 Å². The van der Waals surface area contributed by atoms with E-state index in [9.17, 15) is 4.21 Å². The summed E-state index contributed by atoms with van der Waals surface area (Å²) in [6, 6.07) is 16.0. The molecule has 0 spiro atoms. The van der Waals surface area contributed by atoms with Gasteiger partial charge in [0.05, 0.1) is 16.3 Å². The number of piperidine rings is 1. The molecular weight excluding hydrogens is 292 g/mol. The maximum absolute atomic E-state index is 12.7. The first-order chi connectivity index (χ1) is 10.8. The lowest BCUT2D eigenvalue weighted by Gasteiger charge is -2.30. The van der Waals surface area contributed by atoms with Crippen LogP contribution in [0.15, 0.2) is 53.4 Å². The van der Waals surface area contributed by atoms with Gasteiger partial charge in [-0.3, -0.25) is 4.72 Å². The van der Waals surface area contributed by atoms with Crippen LogP contribution in [0.25, 0.3) is 0 Å². The zero-order valence-corrected chi connectivity index (χ0v) is 13.7. The van der Waals surface area contributed by atoms with Crippen molar-refractivity contribution in [3.63, 3.8) is 0 Å². The third kappa shape index (κ3) is 3.33. The third-order valence-electron chi connectivity index (χ3n) is 4.10. The molecule has 1 unspecified atom stereocenters. The lowest BCUT2D eigenvalue weighted by Crippen LogP contribution is -2.30. The number of para-hydroxylation sites is 2. The quantitative estimate of drug-likeness (QED) is 0.920. The molecule has 0 radical (unpaired) electrons. The second kappa shape index (κ2) is 6.97. The Morgan fingerprint density at radius 2 is 1.64 bits per heavy atom. The van der Waals surface area contributed by atoms with Crippen molar-refractivity contribution in [1.82, 2.24) is 0 Å². The molecule has 3 nitrogen and oxygen atoms in total. The summed E-state index contributed by atoms with van der Waals surface area (Å²) in [5.41, 5.74) is 3.15. The van der Waals surface area contributed by atoms with E-state index in [2.05, 4.69) is 15.7 Å². The van der Waals surface area contributed by atoms with E-state index in [4.69, 9.17) is 0 Å². The molecule has 2 aromatic carbocycles. The maximum atomic E-state index is 12.7. The second-order valence-corrected chi connectivity index (χ2v) is 6.88. The number of nitrogens with one attached hydrogen (secondary N) is 1. The van der Waals surface area contributed by atoms with Crippen molar-refractivity contribution in [3.05, 3.63) is 54.1 Å². The van der Waals surface area contributed by atoms with Crippen LogP contribution in [-0.4, -0.2) is 17.3 Å². The van der Waals surface area contributed by atoms with Gasteiger partial charge >= 0.3 is 0 Å². The fourth-order valence-electron chi connectivity index (χ4n) is 2.89. The lowest BCUT2D eigenvalue weighted by molar-refractivity contribution is 0.578. The van der Waals surface area contributed by atoms with Gasteiger partial charge in [-0.1, -0.05) is 30.3 Å². The van der Waals surface area contributed by atoms with Crippen molar-refractivity contribution >= 4 is 22.4 Å². The lowest BCUT2D eigenvalue weighted by atomic mass is 10.1. The van der Waals surface area contributed by atoms with E-state index < -0.39 is 11.0 Å². The normalized spacial score (nSPS) is 16.3. The zero-order chi connectivity index (χ0) is 15.4. The highest BCUT2D eigenvalue weighted by atomic mass is 32.2. The van der Waals surface area contributed by atoms with Gasteiger partial charge in [-0.2, -0.15) is 0 Å². The fraction of sp³-hybridized carbons (Fsp3) is 0.333. The van der Waals surface area contributed by atoms with Crippen LogP contribution in [0, 0.1) is 6.92 Å². The van der Waals surface area contributed by atoms with E-state index in [0.29, 0.717) is 0 Å². The summed E-state index contributed by atoms with van der Waals surface area (Å²) in [6.45, 7) is 4.15. The Morgan fingerprint density at radius 3 is 2.41 bits per heavy atom. The van der Waals surface area contributed by atoms with E-state index in [1.165, 1.54) is 19.3 Å². The summed E-state index contributed by atoms with van der Waals surface area (Å²) in [7, 11) is -1.24. The number of anilines is 2. The van der Waals surface area contributed by atoms with Crippen LogP contribution >= 0.6 is 0 Å². The van der Waals surface area contributed by atoms with Crippen LogP contribution < -0.4 is 9.62 Å². The second-order valence-electron chi connectivity index (χ2n) is 5.70. The first-order valence-electron chi connectivity index (χ1n) is 7.84. The van der Waals surface area contributed by atoms with E-state index in [1.54, 1.807) is 0 Å². The molecule has 2 aromatic rings. The average Bonchev–Trinajstić information content (AvgIpc) is 2.56. The smallest absolute Gasteiger partial charge is 0.150 e. The summed E-state index contributed by atoms with van der Waals surface area (Å²) >= 11 is 0. The van der Waals surface area contributed by atoms with Crippen LogP contribution in [-0.2, 0) is 11.0 Å². The summed E-state index contributed by atoms with van der Waals surface area (Å²) in [6.07, 6.45) is 3.77. The van der Waals surface area contributed by atoms with Crippen LogP contribution in [0.5, 0.6) is 0 Å². The van der Waals surface area contributed by atoms with Gasteiger partial charge in [-0.05, 0) is 49.9 Å². The minimum atomic E-state index is -1.24. The summed E-state index contributed by atoms with van der Waals surface area (Å²) < 4.78 is 15.8. The van der Waals surface area contributed by atoms with Crippen molar-refractivity contribution in [1.29, 1.82) is 0 Å². The molecule has 1 saturated heterocycles. The van der Waals surface area contributed by atoms with Crippen molar-refractivity contribution in [2.75, 3.05) is 22.7 Å². The van der Waals surface area contributed by atoms with Crippen LogP contribution in [0.4, 0.5) is 11.4 Å². The zero-order valence-electron chi connectivity index (χ0n) is 12.9. The van der Waals surface area contributed by atoms with Gasteiger partial charge in [0.25, 0.3) is 0 Å². The SMILES string of the molecule is Cc1ccccc1S(=O)Nc1ccccc1N1CCCCC1. The highest BCUT2D eigenvalue weighted by Crippen LogP contribution is 2.29. The molecule has 1 N–H and O–H groups in total. The summed E-state index contributed by atoms with van der Waals surface area (Å²) in [5.74, 6) is 0. The minimum Gasteiger partial charge on any atom is -0.370 e. The predicted molar refractivity (Wildman–Crippen MR) is 93.7 cm³/mol. The molecule has 1 atom stereocenters. The average molecular weight is 314 g/mol. The molecule has 0 aliphatic carbocycles. The summed E-state index contributed by atoms with van der Waals surface area (Å²) in [5, 5.41) is 0. The monoisotopic (exact) mass is 314 g/mol. The number of hydrogen-bond acceptors (Lipinski definition) is 2. The first kappa shape index (κ1) is 15.1. The van der Waals surface area contributed by atoms with Gasteiger partial charge in [0, 0.05) is 13.1 Å². The minimum absolute atomic E-state index is 0.843. The Bertz CT molecular complexity index is 666. The molecular formula is C18H22N2OS. The van der Waals surface area contributed by atoms with Gasteiger partial charge in [-0.15, -0.1) is 0 Å². The molecule has 0 bridgehead atoms. The number of nitrogens with zero attached hydrogens (tertiary/aromatic N) is 1. The van der Waals surface area contributed by atoms with Crippen LogP contribution in [0.1, 0.15) is 24.8 Å². The van der Waals surface area contributed by atoms with Gasteiger partial charge in [0.15, 0.2) is 11.0 Å². The summed E-state index contributed by atoms with van der Waals surface area (Å²) in [4.78, 5) is 3.23. The molecule has 1 aliphatic rings. The van der Waals surface area contributed by atoms with Gasteiger partial charge in [0.2, 0.25) is 0 Å². The number of aryl methyl sites for hydroxylation is 1. The molecule has 0 aromatic heterocycles. The van der Waals surface area contributed by atoms with E-state index in [-0.39, 0.29) is 0 Å². The molecule has 1 heterocycles. The largest absolute Gasteiger partial charge is 0.370 e. The maximum Gasteiger partial charge on any atom is 0.150 e. The molecule has 22 heavy (non-hydrogen) atoms. The van der Waals surface area contributed by atoms with Gasteiger partial charge in [-0.25, -0.2) is 4.21 Å². The molecule has 3 rings (SSSR count). The van der Waals surface area contributed by atoms with Crippen molar-refractivity contribution in [2.45, 2.75) is 31.1 Å². The predicted octanol–water partition coefficient (Wildman–Crippen LogP) is 4.12. The standard InChI is InChI=1S/C18H22N2OS/c1-15-9-3-6-12-18(15)22(21)19-16-10-4-5-11-17(16)20-13-7-2-8-14-20/h3-6,9-12,19H,2,7-8,13-14H2,1H3. The molecule has 1 aliphatic heterocycles. The Balaban J connectivity index is 1.83. The molecule has 0 amide bonds. The Hall–Kier alpha value is -1.81. The Labute approximate surface area is 134 Å². The van der Waals surface area contributed by atoms with E-state index >= 15 is 0 Å². The number of hydrogen-bond donors (Lipinski definition) is 1. The Kier molecular flexibility index (Phi) is 4.78. The van der Waals surface area contributed by atoms with Gasteiger partial charge < -0.3 is 4.90 Å². The van der Waals surface area contributed by atoms with Crippen LogP contribution in [0.2, 0.25) is 0 Å².